The zero-order chi connectivity index (χ0) is 14.3. The molecule has 0 spiro atoms. The smallest absolute Gasteiger partial charge is 0.162 e. The molecule has 0 aliphatic heterocycles. The average molecular weight is 287 g/mol. The van der Waals surface area contributed by atoms with Crippen molar-refractivity contribution in [2.75, 3.05) is 37.6 Å². The Bertz CT molecular complexity index is 499. The molecule has 1 aromatic carbocycles. The standard InChI is InChI=1S/C13H21NO4S/c1-4-19(15,16)9-5-8-14-11-6-7-12(17-2)13(10-11)18-3/h6-7,10,14H,4-5,8-9H2,1-3H3. The minimum absolute atomic E-state index is 0.198. The summed E-state index contributed by atoms with van der Waals surface area (Å²) in [6.45, 7) is 2.27. The van der Waals surface area contributed by atoms with E-state index in [1.807, 2.05) is 18.2 Å². The maximum absolute atomic E-state index is 11.3. The number of ether oxygens (including phenoxy) is 2. The van der Waals surface area contributed by atoms with Crippen LogP contribution < -0.4 is 14.8 Å². The van der Waals surface area contributed by atoms with E-state index in [0.29, 0.717) is 24.5 Å². The molecule has 5 nitrogen and oxygen atoms in total. The van der Waals surface area contributed by atoms with Gasteiger partial charge in [0.1, 0.15) is 9.84 Å². The molecule has 0 amide bonds. The van der Waals surface area contributed by atoms with Crippen LogP contribution in [-0.4, -0.2) is 40.7 Å². The minimum Gasteiger partial charge on any atom is -0.493 e. The van der Waals surface area contributed by atoms with Gasteiger partial charge in [0.25, 0.3) is 0 Å². The second kappa shape index (κ2) is 7.23. The second-order valence-electron chi connectivity index (χ2n) is 4.09. The van der Waals surface area contributed by atoms with Crippen molar-refractivity contribution in [2.24, 2.45) is 0 Å². The van der Waals surface area contributed by atoms with Crippen LogP contribution in [0.2, 0.25) is 0 Å². The van der Waals surface area contributed by atoms with Crippen molar-refractivity contribution >= 4 is 15.5 Å². The second-order valence-corrected chi connectivity index (χ2v) is 6.56. The van der Waals surface area contributed by atoms with Crippen molar-refractivity contribution in [1.82, 2.24) is 0 Å². The fourth-order valence-electron chi connectivity index (χ4n) is 1.62. The zero-order valence-corrected chi connectivity index (χ0v) is 12.4. The molecule has 0 saturated heterocycles. The summed E-state index contributed by atoms with van der Waals surface area (Å²) < 4.78 is 33.0. The van der Waals surface area contributed by atoms with Crippen LogP contribution in [0.25, 0.3) is 0 Å². The highest BCUT2D eigenvalue weighted by atomic mass is 32.2. The molecule has 1 aromatic rings. The topological polar surface area (TPSA) is 64.6 Å². The molecule has 0 radical (unpaired) electrons. The lowest BCUT2D eigenvalue weighted by molar-refractivity contribution is 0.355. The van der Waals surface area contributed by atoms with Crippen LogP contribution >= 0.6 is 0 Å². The van der Waals surface area contributed by atoms with Crippen LogP contribution in [0.1, 0.15) is 13.3 Å². The van der Waals surface area contributed by atoms with Crippen LogP contribution in [0.15, 0.2) is 18.2 Å². The van der Waals surface area contributed by atoms with Crippen LogP contribution in [0.5, 0.6) is 11.5 Å². The summed E-state index contributed by atoms with van der Waals surface area (Å²) in [6, 6.07) is 5.51. The van der Waals surface area contributed by atoms with Crippen molar-refractivity contribution in [2.45, 2.75) is 13.3 Å². The third kappa shape index (κ3) is 4.98. The predicted octanol–water partition coefficient (Wildman–Crippen LogP) is 1.94. The van der Waals surface area contributed by atoms with Gasteiger partial charge in [0.15, 0.2) is 11.5 Å². The lowest BCUT2D eigenvalue weighted by atomic mass is 10.2. The van der Waals surface area contributed by atoms with Crippen molar-refractivity contribution in [3.8, 4) is 11.5 Å². The van der Waals surface area contributed by atoms with Crippen molar-refractivity contribution < 1.29 is 17.9 Å². The van der Waals surface area contributed by atoms with Gasteiger partial charge in [0, 0.05) is 24.1 Å². The van der Waals surface area contributed by atoms with Crippen LogP contribution in [0.4, 0.5) is 5.69 Å². The van der Waals surface area contributed by atoms with Crippen molar-refractivity contribution in [3.63, 3.8) is 0 Å². The normalized spacial score (nSPS) is 11.1. The van der Waals surface area contributed by atoms with E-state index in [4.69, 9.17) is 9.47 Å². The highest BCUT2D eigenvalue weighted by Gasteiger charge is 2.07. The van der Waals surface area contributed by atoms with Gasteiger partial charge in [-0.3, -0.25) is 0 Å². The number of hydrogen-bond acceptors (Lipinski definition) is 5. The highest BCUT2D eigenvalue weighted by Crippen LogP contribution is 2.29. The first-order chi connectivity index (χ1) is 9.02. The molecule has 108 valence electrons. The molecule has 0 unspecified atom stereocenters. The van der Waals surface area contributed by atoms with E-state index in [-0.39, 0.29) is 11.5 Å². The van der Waals surface area contributed by atoms with Gasteiger partial charge >= 0.3 is 0 Å². The van der Waals surface area contributed by atoms with Crippen LogP contribution in [-0.2, 0) is 9.84 Å². The molecule has 1 N–H and O–H groups in total. The Kier molecular flexibility index (Phi) is 5.95. The fourth-order valence-corrected chi connectivity index (χ4v) is 2.49. The molecule has 0 fully saturated rings. The quantitative estimate of drug-likeness (QED) is 0.740. The maximum atomic E-state index is 11.3. The number of hydrogen-bond donors (Lipinski definition) is 1. The Hall–Kier alpha value is -1.43. The summed E-state index contributed by atoms with van der Waals surface area (Å²) in [4.78, 5) is 0. The van der Waals surface area contributed by atoms with E-state index in [1.54, 1.807) is 21.1 Å². The summed E-state index contributed by atoms with van der Waals surface area (Å²) in [6.07, 6.45) is 0.588. The van der Waals surface area contributed by atoms with E-state index < -0.39 is 9.84 Å². The summed E-state index contributed by atoms with van der Waals surface area (Å²) in [5.41, 5.74) is 0.881. The average Bonchev–Trinajstić information content (AvgIpc) is 2.43. The number of rotatable bonds is 8. The molecule has 1 rings (SSSR count). The third-order valence-electron chi connectivity index (χ3n) is 2.78. The SMILES string of the molecule is CCS(=O)(=O)CCCNc1ccc(OC)c(OC)c1. The molecule has 6 heteroatoms. The minimum atomic E-state index is -2.88. The number of methoxy groups -OCH3 is 2. The highest BCUT2D eigenvalue weighted by molar-refractivity contribution is 7.91. The number of anilines is 1. The van der Waals surface area contributed by atoms with Gasteiger partial charge in [-0.1, -0.05) is 6.92 Å². The van der Waals surface area contributed by atoms with Gasteiger partial charge in [0.2, 0.25) is 0 Å². The zero-order valence-electron chi connectivity index (χ0n) is 11.6. The molecular weight excluding hydrogens is 266 g/mol. The molecule has 0 heterocycles. The summed E-state index contributed by atoms with van der Waals surface area (Å²) in [5, 5.41) is 3.17. The lowest BCUT2D eigenvalue weighted by Gasteiger charge is -2.11. The van der Waals surface area contributed by atoms with Crippen LogP contribution in [0, 0.1) is 0 Å². The van der Waals surface area contributed by atoms with Gasteiger partial charge in [-0.2, -0.15) is 0 Å². The molecule has 0 aliphatic carbocycles. The Labute approximate surface area is 114 Å². The van der Waals surface area contributed by atoms with E-state index in [1.165, 1.54) is 0 Å². The third-order valence-corrected chi connectivity index (χ3v) is 4.57. The molecule has 0 aliphatic rings. The van der Waals surface area contributed by atoms with E-state index >= 15 is 0 Å². The van der Waals surface area contributed by atoms with Gasteiger partial charge in [-0.25, -0.2) is 8.42 Å². The molecule has 0 saturated carbocycles. The molecule has 0 bridgehead atoms. The number of sulfone groups is 1. The maximum Gasteiger partial charge on any atom is 0.162 e. The Morgan fingerprint density at radius 1 is 1.16 bits per heavy atom. The summed E-state index contributed by atoms with van der Waals surface area (Å²) in [7, 11) is 0.281. The predicted molar refractivity (Wildman–Crippen MR) is 77.0 cm³/mol. The van der Waals surface area contributed by atoms with Gasteiger partial charge < -0.3 is 14.8 Å². The lowest BCUT2D eigenvalue weighted by Crippen LogP contribution is -2.12. The van der Waals surface area contributed by atoms with Crippen molar-refractivity contribution in [3.05, 3.63) is 18.2 Å². The first-order valence-corrected chi connectivity index (χ1v) is 8.01. The monoisotopic (exact) mass is 287 g/mol. The molecular formula is C13H21NO4S. The Morgan fingerprint density at radius 2 is 1.84 bits per heavy atom. The van der Waals surface area contributed by atoms with Gasteiger partial charge in [0.05, 0.1) is 20.0 Å². The number of benzene rings is 1. The summed E-state index contributed by atoms with van der Waals surface area (Å²) in [5.74, 6) is 1.72. The number of nitrogens with one attached hydrogen (secondary N) is 1. The van der Waals surface area contributed by atoms with E-state index in [0.717, 1.165) is 5.69 Å². The van der Waals surface area contributed by atoms with E-state index in [9.17, 15) is 8.42 Å². The molecule has 0 aromatic heterocycles. The Morgan fingerprint density at radius 3 is 2.42 bits per heavy atom. The largest absolute Gasteiger partial charge is 0.493 e. The van der Waals surface area contributed by atoms with Gasteiger partial charge in [-0.05, 0) is 18.6 Å². The first-order valence-electron chi connectivity index (χ1n) is 6.18. The Balaban J connectivity index is 2.50. The summed E-state index contributed by atoms with van der Waals surface area (Å²) >= 11 is 0. The fraction of sp³-hybridized carbons (Fsp3) is 0.538. The van der Waals surface area contributed by atoms with E-state index in [2.05, 4.69) is 5.32 Å². The van der Waals surface area contributed by atoms with Crippen LogP contribution in [0.3, 0.4) is 0 Å². The first kappa shape index (κ1) is 15.6. The van der Waals surface area contributed by atoms with Gasteiger partial charge in [-0.15, -0.1) is 0 Å². The molecule has 19 heavy (non-hydrogen) atoms. The van der Waals surface area contributed by atoms with Crippen molar-refractivity contribution in [1.29, 1.82) is 0 Å². The molecule has 0 atom stereocenters.